The molecule has 0 unspecified atom stereocenters. The van der Waals surface area contributed by atoms with Crippen LogP contribution in [0.15, 0.2) is 0 Å². The molecule has 0 atom stereocenters. The summed E-state index contributed by atoms with van der Waals surface area (Å²) >= 11 is 0. The molecule has 4 heteroatoms. The summed E-state index contributed by atoms with van der Waals surface area (Å²) < 4.78 is 0. The molecule has 1 amide bonds. The molecular formula is C18H35N3O. The third-order valence-electron chi connectivity index (χ3n) is 5.29. The third kappa shape index (κ3) is 4.95. The number of carbonyl (C=O) groups is 1. The van der Waals surface area contributed by atoms with Gasteiger partial charge in [0, 0.05) is 44.7 Å². The fourth-order valence-electron chi connectivity index (χ4n) is 3.76. The van der Waals surface area contributed by atoms with Crippen LogP contribution in [0.25, 0.3) is 0 Å². The topological polar surface area (TPSA) is 26.8 Å². The minimum Gasteiger partial charge on any atom is -0.342 e. The maximum absolute atomic E-state index is 12.0. The average Bonchev–Trinajstić information content (AvgIpc) is 2.73. The first-order valence-corrected chi connectivity index (χ1v) is 9.22. The molecule has 0 radical (unpaired) electrons. The van der Waals surface area contributed by atoms with Gasteiger partial charge in [0.25, 0.3) is 0 Å². The Bertz CT molecular complexity index is 348. The molecule has 2 aliphatic rings. The van der Waals surface area contributed by atoms with Gasteiger partial charge < -0.3 is 9.80 Å². The number of carbonyl (C=O) groups excluding carboxylic acids is 1. The lowest BCUT2D eigenvalue weighted by Crippen LogP contribution is -2.43. The normalized spacial score (nSPS) is 23.3. The Balaban J connectivity index is 1.73. The summed E-state index contributed by atoms with van der Waals surface area (Å²) in [5.41, 5.74) is 0. The monoisotopic (exact) mass is 309 g/mol. The number of piperidine rings is 1. The van der Waals surface area contributed by atoms with Crippen molar-refractivity contribution in [2.24, 2.45) is 11.8 Å². The third-order valence-corrected chi connectivity index (χ3v) is 5.29. The molecule has 0 aromatic heterocycles. The minimum absolute atomic E-state index is 0.143. The number of likely N-dealkylation sites (tertiary alicyclic amines) is 1. The van der Waals surface area contributed by atoms with Crippen molar-refractivity contribution in [3.63, 3.8) is 0 Å². The molecule has 2 heterocycles. The van der Waals surface area contributed by atoms with E-state index in [0.717, 1.165) is 19.0 Å². The molecule has 4 nitrogen and oxygen atoms in total. The molecule has 2 fully saturated rings. The van der Waals surface area contributed by atoms with Crippen LogP contribution in [0.1, 0.15) is 47.0 Å². The van der Waals surface area contributed by atoms with Gasteiger partial charge >= 0.3 is 0 Å². The van der Waals surface area contributed by atoms with Crippen molar-refractivity contribution in [2.45, 2.75) is 53.0 Å². The Morgan fingerprint density at radius 2 is 1.64 bits per heavy atom. The van der Waals surface area contributed by atoms with Crippen LogP contribution in [-0.2, 0) is 4.79 Å². The summed E-state index contributed by atoms with van der Waals surface area (Å²) in [7, 11) is 0. The van der Waals surface area contributed by atoms with Gasteiger partial charge in [-0.05, 0) is 52.1 Å². The summed E-state index contributed by atoms with van der Waals surface area (Å²) in [6.07, 6.45) is 3.66. The lowest BCUT2D eigenvalue weighted by molar-refractivity contribution is -0.135. The van der Waals surface area contributed by atoms with Crippen LogP contribution in [0.3, 0.4) is 0 Å². The fourth-order valence-corrected chi connectivity index (χ4v) is 3.76. The van der Waals surface area contributed by atoms with Crippen LogP contribution in [0.2, 0.25) is 0 Å². The van der Waals surface area contributed by atoms with E-state index in [4.69, 9.17) is 0 Å². The van der Waals surface area contributed by atoms with Gasteiger partial charge in [0.2, 0.25) is 5.91 Å². The summed E-state index contributed by atoms with van der Waals surface area (Å²) in [6.45, 7) is 16.7. The van der Waals surface area contributed by atoms with Gasteiger partial charge in [0.1, 0.15) is 0 Å². The Labute approximate surface area is 136 Å². The van der Waals surface area contributed by atoms with Crippen LogP contribution in [0.4, 0.5) is 0 Å². The summed E-state index contributed by atoms with van der Waals surface area (Å²) in [4.78, 5) is 19.4. The van der Waals surface area contributed by atoms with E-state index >= 15 is 0 Å². The number of hydrogen-bond donors (Lipinski definition) is 0. The van der Waals surface area contributed by atoms with Gasteiger partial charge in [-0.1, -0.05) is 13.8 Å². The van der Waals surface area contributed by atoms with Gasteiger partial charge in [-0.3, -0.25) is 9.69 Å². The minimum atomic E-state index is 0.143. The summed E-state index contributed by atoms with van der Waals surface area (Å²) in [6, 6.07) is 0.672. The molecular weight excluding hydrogens is 274 g/mol. The molecule has 0 saturated carbocycles. The van der Waals surface area contributed by atoms with Crippen molar-refractivity contribution in [2.75, 3.05) is 45.8 Å². The molecule has 2 rings (SSSR count). The van der Waals surface area contributed by atoms with E-state index in [1.165, 1.54) is 52.0 Å². The highest BCUT2D eigenvalue weighted by Gasteiger charge is 2.26. The van der Waals surface area contributed by atoms with Crippen LogP contribution in [0.5, 0.6) is 0 Å². The van der Waals surface area contributed by atoms with Gasteiger partial charge in [0.15, 0.2) is 0 Å². The smallest absolute Gasteiger partial charge is 0.225 e. The largest absolute Gasteiger partial charge is 0.342 e. The van der Waals surface area contributed by atoms with E-state index in [9.17, 15) is 4.79 Å². The molecule has 0 aliphatic carbocycles. The number of rotatable bonds is 4. The van der Waals surface area contributed by atoms with E-state index in [-0.39, 0.29) is 5.92 Å². The zero-order valence-electron chi connectivity index (χ0n) is 15.1. The molecule has 2 saturated heterocycles. The van der Waals surface area contributed by atoms with Crippen molar-refractivity contribution >= 4 is 5.91 Å². The number of hydrogen-bond acceptors (Lipinski definition) is 3. The lowest BCUT2D eigenvalue weighted by Gasteiger charge is -2.35. The molecule has 128 valence electrons. The Hall–Kier alpha value is -0.610. The molecule has 0 spiro atoms. The van der Waals surface area contributed by atoms with Crippen molar-refractivity contribution in [3.8, 4) is 0 Å². The van der Waals surface area contributed by atoms with Crippen LogP contribution < -0.4 is 0 Å². The summed E-state index contributed by atoms with van der Waals surface area (Å²) in [5, 5.41) is 0. The predicted octanol–water partition coefficient (Wildman–Crippen LogP) is 2.30. The molecule has 2 aliphatic heterocycles. The molecule has 0 aromatic rings. The van der Waals surface area contributed by atoms with Crippen molar-refractivity contribution in [3.05, 3.63) is 0 Å². The quantitative estimate of drug-likeness (QED) is 0.797. The van der Waals surface area contributed by atoms with E-state index < -0.39 is 0 Å². The van der Waals surface area contributed by atoms with E-state index in [1.54, 1.807) is 0 Å². The maximum Gasteiger partial charge on any atom is 0.225 e. The molecule has 0 N–H and O–H groups in total. The molecule has 22 heavy (non-hydrogen) atoms. The molecule has 0 aromatic carbocycles. The number of nitrogens with zero attached hydrogens (tertiary/aromatic N) is 3. The maximum atomic E-state index is 12.0. The van der Waals surface area contributed by atoms with Crippen molar-refractivity contribution < 1.29 is 4.79 Å². The second-order valence-corrected chi connectivity index (χ2v) is 7.71. The SMILES string of the molecule is CC(C)C(=O)N1CCC(CN2CCCN(C(C)C)CC2)CC1. The molecule has 0 bridgehead atoms. The van der Waals surface area contributed by atoms with Crippen LogP contribution in [-0.4, -0.2) is 72.5 Å². The fraction of sp³-hybridized carbons (Fsp3) is 0.944. The summed E-state index contributed by atoms with van der Waals surface area (Å²) in [5.74, 6) is 1.26. The first-order chi connectivity index (χ1) is 10.5. The van der Waals surface area contributed by atoms with Crippen molar-refractivity contribution in [1.82, 2.24) is 14.7 Å². The van der Waals surface area contributed by atoms with E-state index in [0.29, 0.717) is 11.9 Å². The first kappa shape index (κ1) is 17.7. The van der Waals surface area contributed by atoms with Crippen LogP contribution in [0, 0.1) is 11.8 Å². The van der Waals surface area contributed by atoms with Gasteiger partial charge in [0.05, 0.1) is 0 Å². The van der Waals surface area contributed by atoms with Crippen molar-refractivity contribution in [1.29, 1.82) is 0 Å². The Morgan fingerprint density at radius 3 is 2.23 bits per heavy atom. The van der Waals surface area contributed by atoms with Gasteiger partial charge in [-0.2, -0.15) is 0 Å². The highest BCUT2D eigenvalue weighted by Crippen LogP contribution is 2.20. The highest BCUT2D eigenvalue weighted by molar-refractivity contribution is 5.78. The number of amides is 1. The zero-order valence-corrected chi connectivity index (χ0v) is 15.1. The second-order valence-electron chi connectivity index (χ2n) is 7.71. The lowest BCUT2D eigenvalue weighted by atomic mass is 9.95. The van der Waals surface area contributed by atoms with Gasteiger partial charge in [-0.25, -0.2) is 0 Å². The van der Waals surface area contributed by atoms with E-state index in [1.807, 2.05) is 13.8 Å². The van der Waals surface area contributed by atoms with Crippen LogP contribution >= 0.6 is 0 Å². The average molecular weight is 309 g/mol. The van der Waals surface area contributed by atoms with Gasteiger partial charge in [-0.15, -0.1) is 0 Å². The second kappa shape index (κ2) is 8.30. The Morgan fingerprint density at radius 1 is 0.955 bits per heavy atom. The highest BCUT2D eigenvalue weighted by atomic mass is 16.2. The first-order valence-electron chi connectivity index (χ1n) is 9.22. The Kier molecular flexibility index (Phi) is 6.69. The zero-order chi connectivity index (χ0) is 16.1. The standard InChI is InChI=1S/C18H35N3O/c1-15(2)18(22)21-10-6-17(7-11-21)14-19-8-5-9-20(13-12-19)16(3)4/h15-17H,5-14H2,1-4H3. The predicted molar refractivity (Wildman–Crippen MR) is 91.9 cm³/mol. The van der Waals surface area contributed by atoms with E-state index in [2.05, 4.69) is 28.5 Å².